The summed E-state index contributed by atoms with van der Waals surface area (Å²) in [6, 6.07) is 0.377. The summed E-state index contributed by atoms with van der Waals surface area (Å²) in [6.45, 7) is 12.5. The molecule has 0 aromatic heterocycles. The zero-order chi connectivity index (χ0) is 16.4. The molecule has 2 aliphatic rings. The van der Waals surface area contributed by atoms with E-state index in [1.165, 1.54) is 6.42 Å². The predicted molar refractivity (Wildman–Crippen MR) is 105 cm³/mol. The minimum Gasteiger partial charge on any atom is -0.388 e. The van der Waals surface area contributed by atoms with Gasteiger partial charge in [0.05, 0.1) is 18.2 Å². The quantitative estimate of drug-likeness (QED) is 0.350. The number of ether oxygens (including phenoxy) is 1. The molecule has 23 heavy (non-hydrogen) atoms. The zero-order valence-electron chi connectivity index (χ0n) is 15.2. The molecule has 1 saturated carbocycles. The molecule has 0 bridgehead atoms. The van der Waals surface area contributed by atoms with E-state index in [0.29, 0.717) is 31.0 Å². The van der Waals surface area contributed by atoms with Crippen molar-refractivity contribution in [2.45, 2.75) is 71.6 Å². The first-order valence-electron chi connectivity index (χ1n) is 8.70. The second-order valence-corrected chi connectivity index (χ2v) is 7.59. The molecule has 0 aromatic rings. The van der Waals surface area contributed by atoms with Gasteiger partial charge < -0.3 is 20.5 Å². The molecule has 1 heterocycles. The van der Waals surface area contributed by atoms with Crippen LogP contribution in [0, 0.1) is 11.3 Å². The van der Waals surface area contributed by atoms with Gasteiger partial charge in [-0.1, -0.05) is 20.8 Å². The molecule has 0 spiro atoms. The van der Waals surface area contributed by atoms with Crippen LogP contribution < -0.4 is 10.6 Å². The third-order valence-electron chi connectivity index (χ3n) is 5.31. The number of rotatable bonds is 5. The van der Waals surface area contributed by atoms with Gasteiger partial charge in [0.1, 0.15) is 0 Å². The van der Waals surface area contributed by atoms with E-state index in [1.54, 1.807) is 0 Å². The monoisotopic (exact) mass is 439 g/mol. The van der Waals surface area contributed by atoms with E-state index < -0.39 is 5.60 Å². The highest BCUT2D eigenvalue weighted by molar-refractivity contribution is 14.0. The molecule has 4 unspecified atom stereocenters. The maximum atomic E-state index is 10.2. The van der Waals surface area contributed by atoms with Crippen LogP contribution in [-0.4, -0.2) is 48.5 Å². The maximum Gasteiger partial charge on any atom is 0.191 e. The van der Waals surface area contributed by atoms with Gasteiger partial charge in [0.2, 0.25) is 0 Å². The third kappa shape index (κ3) is 4.72. The first-order valence-corrected chi connectivity index (χ1v) is 8.70. The minimum absolute atomic E-state index is 0. The Labute approximate surface area is 158 Å². The average molecular weight is 439 g/mol. The van der Waals surface area contributed by atoms with Gasteiger partial charge in [0, 0.05) is 30.5 Å². The van der Waals surface area contributed by atoms with E-state index in [-0.39, 0.29) is 29.4 Å². The van der Waals surface area contributed by atoms with E-state index in [1.807, 2.05) is 13.8 Å². The number of halogens is 1. The Kier molecular flexibility index (Phi) is 7.60. The third-order valence-corrected chi connectivity index (χ3v) is 5.31. The Morgan fingerprint density at radius 3 is 2.70 bits per heavy atom. The normalized spacial score (nSPS) is 31.9. The molecule has 5 nitrogen and oxygen atoms in total. The first-order chi connectivity index (χ1) is 10.3. The van der Waals surface area contributed by atoms with Crippen molar-refractivity contribution in [2.24, 2.45) is 16.3 Å². The lowest BCUT2D eigenvalue weighted by atomic mass is 9.55. The molecule has 0 aromatic carbocycles. The van der Waals surface area contributed by atoms with Gasteiger partial charge in [0.15, 0.2) is 5.96 Å². The molecule has 2 rings (SSSR count). The van der Waals surface area contributed by atoms with Crippen molar-refractivity contribution in [3.05, 3.63) is 0 Å². The highest BCUT2D eigenvalue weighted by atomic mass is 127. The molecule has 0 radical (unpaired) electrons. The Balaban J connectivity index is 0.00000264. The number of guanidine groups is 1. The van der Waals surface area contributed by atoms with Gasteiger partial charge in [-0.05, 0) is 33.1 Å². The van der Waals surface area contributed by atoms with Gasteiger partial charge in [-0.15, -0.1) is 24.0 Å². The molecular weight excluding hydrogens is 405 g/mol. The largest absolute Gasteiger partial charge is 0.388 e. The zero-order valence-corrected chi connectivity index (χ0v) is 17.5. The fourth-order valence-electron chi connectivity index (χ4n) is 3.64. The summed E-state index contributed by atoms with van der Waals surface area (Å²) in [5.41, 5.74) is -0.623. The highest BCUT2D eigenvalue weighted by Crippen LogP contribution is 2.51. The summed E-state index contributed by atoms with van der Waals surface area (Å²) < 4.78 is 5.96. The standard InChI is InChI=1S/C17H33N3O2.HI/c1-6-17(5,21)11-19-15(18-7-2)20-13-12-9-8-10-22-14(12)16(13,3)4;/h12-14,21H,6-11H2,1-5H3,(H2,18,19,20);1H. The number of aliphatic hydroxyl groups is 1. The molecule has 1 saturated heterocycles. The molecule has 136 valence electrons. The lowest BCUT2D eigenvalue weighted by molar-refractivity contribution is -0.188. The number of nitrogens with zero attached hydrogens (tertiary/aromatic N) is 1. The minimum atomic E-state index is -0.742. The van der Waals surface area contributed by atoms with Crippen LogP contribution in [0.25, 0.3) is 0 Å². The van der Waals surface area contributed by atoms with Crippen molar-refractivity contribution in [3.8, 4) is 0 Å². The van der Waals surface area contributed by atoms with Gasteiger partial charge in [-0.25, -0.2) is 0 Å². The van der Waals surface area contributed by atoms with Crippen molar-refractivity contribution in [1.29, 1.82) is 0 Å². The molecule has 6 heteroatoms. The van der Waals surface area contributed by atoms with Crippen LogP contribution in [-0.2, 0) is 4.74 Å². The van der Waals surface area contributed by atoms with Gasteiger partial charge in [-0.3, -0.25) is 4.99 Å². The van der Waals surface area contributed by atoms with E-state index in [9.17, 15) is 5.11 Å². The fourth-order valence-corrected chi connectivity index (χ4v) is 3.64. The number of hydrogen-bond donors (Lipinski definition) is 3. The van der Waals surface area contributed by atoms with Crippen LogP contribution in [0.3, 0.4) is 0 Å². The molecule has 0 amide bonds. The fraction of sp³-hybridized carbons (Fsp3) is 0.941. The number of hydrogen-bond acceptors (Lipinski definition) is 3. The van der Waals surface area contributed by atoms with Crippen LogP contribution in [0.2, 0.25) is 0 Å². The Bertz CT molecular complexity index is 413. The Morgan fingerprint density at radius 2 is 2.09 bits per heavy atom. The van der Waals surface area contributed by atoms with E-state index in [2.05, 4.69) is 36.4 Å². The molecule has 1 aliphatic carbocycles. The topological polar surface area (TPSA) is 65.9 Å². The van der Waals surface area contributed by atoms with Crippen molar-refractivity contribution < 1.29 is 9.84 Å². The van der Waals surface area contributed by atoms with Crippen molar-refractivity contribution in [3.63, 3.8) is 0 Å². The Morgan fingerprint density at radius 1 is 1.39 bits per heavy atom. The van der Waals surface area contributed by atoms with Crippen molar-refractivity contribution in [1.82, 2.24) is 10.6 Å². The second-order valence-electron chi connectivity index (χ2n) is 7.59. The summed E-state index contributed by atoms with van der Waals surface area (Å²) in [5.74, 6) is 1.37. The van der Waals surface area contributed by atoms with E-state index in [4.69, 9.17) is 4.74 Å². The summed E-state index contributed by atoms with van der Waals surface area (Å²) >= 11 is 0. The Hall–Kier alpha value is -0.0800. The van der Waals surface area contributed by atoms with Crippen LogP contribution in [0.1, 0.15) is 53.9 Å². The molecular formula is C17H34IN3O2. The number of aliphatic imine (C=N–C) groups is 1. The molecule has 1 aliphatic heterocycles. The maximum absolute atomic E-state index is 10.2. The van der Waals surface area contributed by atoms with Crippen LogP contribution in [0.4, 0.5) is 0 Å². The second kappa shape index (κ2) is 8.34. The molecule has 3 N–H and O–H groups in total. The SMILES string of the molecule is CCNC(=NCC(C)(O)CC)NC1C2CCCOC2C1(C)C.I. The summed E-state index contributed by atoms with van der Waals surface area (Å²) in [6.07, 6.45) is 3.43. The first kappa shape index (κ1) is 21.0. The van der Waals surface area contributed by atoms with Gasteiger partial charge in [0.25, 0.3) is 0 Å². The van der Waals surface area contributed by atoms with Gasteiger partial charge in [-0.2, -0.15) is 0 Å². The van der Waals surface area contributed by atoms with Crippen LogP contribution in [0.15, 0.2) is 4.99 Å². The summed E-state index contributed by atoms with van der Waals surface area (Å²) in [7, 11) is 0. The smallest absolute Gasteiger partial charge is 0.191 e. The van der Waals surface area contributed by atoms with Crippen molar-refractivity contribution >= 4 is 29.9 Å². The van der Waals surface area contributed by atoms with Crippen LogP contribution >= 0.6 is 24.0 Å². The summed E-state index contributed by atoms with van der Waals surface area (Å²) in [5, 5.41) is 17.0. The average Bonchev–Trinajstić information content (AvgIpc) is 2.50. The van der Waals surface area contributed by atoms with Crippen molar-refractivity contribution in [2.75, 3.05) is 19.7 Å². The van der Waals surface area contributed by atoms with Crippen LogP contribution in [0.5, 0.6) is 0 Å². The molecule has 2 fully saturated rings. The number of fused-ring (bicyclic) bond motifs is 1. The highest BCUT2D eigenvalue weighted by Gasteiger charge is 2.58. The van der Waals surface area contributed by atoms with Gasteiger partial charge >= 0.3 is 0 Å². The predicted octanol–water partition coefficient (Wildman–Crippen LogP) is 2.52. The summed E-state index contributed by atoms with van der Waals surface area (Å²) in [4.78, 5) is 4.58. The van der Waals surface area contributed by atoms with E-state index in [0.717, 1.165) is 25.5 Å². The lowest BCUT2D eigenvalue weighted by Gasteiger charge is -2.60. The number of nitrogens with one attached hydrogen (secondary N) is 2. The lowest BCUT2D eigenvalue weighted by Crippen LogP contribution is -2.71. The molecule has 4 atom stereocenters. The van der Waals surface area contributed by atoms with E-state index >= 15 is 0 Å².